The predicted molar refractivity (Wildman–Crippen MR) is 98.1 cm³/mol. The van der Waals surface area contributed by atoms with Gasteiger partial charge in [0.15, 0.2) is 0 Å². The summed E-state index contributed by atoms with van der Waals surface area (Å²) in [6.45, 7) is 6.11. The molecule has 1 saturated heterocycles. The molecule has 1 aliphatic rings. The number of aromatic nitrogens is 2. The van der Waals surface area contributed by atoms with Crippen LogP contribution in [-0.4, -0.2) is 42.5 Å². The van der Waals surface area contributed by atoms with E-state index in [0.717, 1.165) is 48.7 Å². The van der Waals surface area contributed by atoms with Crippen LogP contribution in [0, 0.1) is 19.3 Å². The first kappa shape index (κ1) is 17.6. The molecule has 25 heavy (non-hydrogen) atoms. The summed E-state index contributed by atoms with van der Waals surface area (Å²) in [5, 5.41) is 10.9. The van der Waals surface area contributed by atoms with Crippen LogP contribution in [-0.2, 0) is 9.53 Å². The maximum Gasteiger partial charge on any atom is 0.233 e. The molecule has 1 fully saturated rings. The first-order valence-electron chi connectivity index (χ1n) is 8.69. The number of rotatable bonds is 5. The van der Waals surface area contributed by atoms with E-state index in [1.807, 2.05) is 48.9 Å². The number of nitrogens with one attached hydrogen (secondary N) is 2. The number of piperidine rings is 1. The van der Waals surface area contributed by atoms with Crippen LogP contribution in [0.4, 0.5) is 5.69 Å². The van der Waals surface area contributed by atoms with Crippen molar-refractivity contribution in [2.75, 3.05) is 32.1 Å². The van der Waals surface area contributed by atoms with Gasteiger partial charge in [-0.1, -0.05) is 6.07 Å². The molecule has 2 N–H and O–H groups in total. The van der Waals surface area contributed by atoms with Crippen LogP contribution >= 0.6 is 0 Å². The zero-order valence-electron chi connectivity index (χ0n) is 15.1. The van der Waals surface area contributed by atoms with E-state index in [1.165, 1.54) is 0 Å². The molecule has 6 nitrogen and oxygen atoms in total. The topological polar surface area (TPSA) is 68.2 Å². The smallest absolute Gasteiger partial charge is 0.233 e. The summed E-state index contributed by atoms with van der Waals surface area (Å²) < 4.78 is 7.24. The van der Waals surface area contributed by atoms with E-state index in [9.17, 15) is 4.79 Å². The molecule has 6 heteroatoms. The maximum atomic E-state index is 13.0. The number of ether oxygens (including phenoxy) is 1. The van der Waals surface area contributed by atoms with E-state index >= 15 is 0 Å². The third-order valence-electron chi connectivity index (χ3n) is 4.82. The summed E-state index contributed by atoms with van der Waals surface area (Å²) in [5.74, 6) is 0.0290. The number of benzene rings is 1. The van der Waals surface area contributed by atoms with E-state index in [2.05, 4.69) is 15.7 Å². The Morgan fingerprint density at radius 3 is 2.72 bits per heavy atom. The maximum absolute atomic E-state index is 13.0. The van der Waals surface area contributed by atoms with Crippen molar-refractivity contribution in [2.45, 2.75) is 26.7 Å². The molecule has 0 bridgehead atoms. The highest BCUT2D eigenvalue weighted by atomic mass is 16.5. The fourth-order valence-electron chi connectivity index (χ4n) is 3.49. The zero-order valence-corrected chi connectivity index (χ0v) is 15.1. The van der Waals surface area contributed by atoms with Crippen molar-refractivity contribution in [1.29, 1.82) is 0 Å². The molecule has 0 radical (unpaired) electrons. The van der Waals surface area contributed by atoms with Crippen LogP contribution in [0.5, 0.6) is 0 Å². The highest BCUT2D eigenvalue weighted by molar-refractivity contribution is 5.95. The van der Waals surface area contributed by atoms with Crippen LogP contribution in [0.15, 0.2) is 30.3 Å². The number of amides is 1. The van der Waals surface area contributed by atoms with Gasteiger partial charge in [0.05, 0.1) is 23.4 Å². The SMILES string of the molecule is COCC1(C(=O)Nc2cccc(-n3nc(C)cc3C)c2)CCNCC1. The van der Waals surface area contributed by atoms with Gasteiger partial charge in [0.25, 0.3) is 0 Å². The molecule has 3 rings (SSSR count). The molecular formula is C19H26N4O2. The number of hydrogen-bond donors (Lipinski definition) is 2. The average molecular weight is 342 g/mol. The van der Waals surface area contributed by atoms with Gasteiger partial charge >= 0.3 is 0 Å². The van der Waals surface area contributed by atoms with Crippen molar-refractivity contribution in [2.24, 2.45) is 5.41 Å². The van der Waals surface area contributed by atoms with Crippen molar-refractivity contribution in [3.8, 4) is 5.69 Å². The lowest BCUT2D eigenvalue weighted by atomic mass is 9.78. The largest absolute Gasteiger partial charge is 0.384 e. The van der Waals surface area contributed by atoms with Crippen LogP contribution in [0.25, 0.3) is 5.69 Å². The molecule has 1 aliphatic heterocycles. The molecule has 0 unspecified atom stereocenters. The van der Waals surface area contributed by atoms with Crippen LogP contribution in [0.1, 0.15) is 24.2 Å². The van der Waals surface area contributed by atoms with Gasteiger partial charge in [0.1, 0.15) is 0 Å². The quantitative estimate of drug-likeness (QED) is 0.876. The number of anilines is 1. The summed E-state index contributed by atoms with van der Waals surface area (Å²) >= 11 is 0. The van der Waals surface area contributed by atoms with E-state index < -0.39 is 5.41 Å². The first-order valence-corrected chi connectivity index (χ1v) is 8.69. The van der Waals surface area contributed by atoms with Gasteiger partial charge in [0.2, 0.25) is 5.91 Å². The van der Waals surface area contributed by atoms with Gasteiger partial charge in [-0.25, -0.2) is 4.68 Å². The third-order valence-corrected chi connectivity index (χ3v) is 4.82. The normalized spacial score (nSPS) is 16.6. The summed E-state index contributed by atoms with van der Waals surface area (Å²) in [7, 11) is 1.65. The summed E-state index contributed by atoms with van der Waals surface area (Å²) in [5.41, 5.74) is 3.29. The fourth-order valence-corrected chi connectivity index (χ4v) is 3.49. The lowest BCUT2D eigenvalue weighted by Crippen LogP contribution is -2.47. The van der Waals surface area contributed by atoms with Gasteiger partial charge in [-0.05, 0) is 64.0 Å². The Hall–Kier alpha value is -2.18. The molecule has 0 aliphatic carbocycles. The molecule has 0 saturated carbocycles. The van der Waals surface area contributed by atoms with E-state index in [4.69, 9.17) is 4.74 Å². The molecule has 2 aromatic rings. The molecule has 0 atom stereocenters. The molecule has 134 valence electrons. The van der Waals surface area contributed by atoms with Crippen LogP contribution in [0.3, 0.4) is 0 Å². The highest BCUT2D eigenvalue weighted by Gasteiger charge is 2.39. The second kappa shape index (κ2) is 7.37. The van der Waals surface area contributed by atoms with Crippen molar-refractivity contribution < 1.29 is 9.53 Å². The number of carbonyl (C=O) groups excluding carboxylic acids is 1. The number of carbonyl (C=O) groups is 1. The number of hydrogen-bond acceptors (Lipinski definition) is 4. The summed E-state index contributed by atoms with van der Waals surface area (Å²) in [6, 6.07) is 9.83. The number of aryl methyl sites for hydroxylation is 2. The van der Waals surface area contributed by atoms with E-state index in [-0.39, 0.29) is 5.91 Å². The Labute approximate surface area is 148 Å². The van der Waals surface area contributed by atoms with Gasteiger partial charge in [-0.2, -0.15) is 5.10 Å². The van der Waals surface area contributed by atoms with Crippen molar-refractivity contribution >= 4 is 11.6 Å². The van der Waals surface area contributed by atoms with Crippen LogP contribution in [0.2, 0.25) is 0 Å². The minimum atomic E-state index is -0.464. The average Bonchev–Trinajstić information content (AvgIpc) is 2.94. The second-order valence-corrected chi connectivity index (χ2v) is 6.81. The predicted octanol–water partition coefficient (Wildman–Crippen LogP) is 2.44. The Balaban J connectivity index is 1.81. The molecule has 1 aromatic carbocycles. The molecule has 1 aromatic heterocycles. The van der Waals surface area contributed by atoms with Crippen molar-refractivity contribution in [3.63, 3.8) is 0 Å². The van der Waals surface area contributed by atoms with Gasteiger partial charge < -0.3 is 15.4 Å². The number of nitrogens with zero attached hydrogens (tertiary/aromatic N) is 2. The lowest BCUT2D eigenvalue weighted by molar-refractivity contribution is -0.130. The second-order valence-electron chi connectivity index (χ2n) is 6.81. The summed E-state index contributed by atoms with van der Waals surface area (Å²) in [6.07, 6.45) is 1.56. The first-order chi connectivity index (χ1) is 12.0. The standard InChI is InChI=1S/C19H26N4O2/c1-14-11-15(2)23(22-14)17-6-4-5-16(12-17)21-18(24)19(13-25-3)7-9-20-10-8-19/h4-6,11-12,20H,7-10,13H2,1-3H3,(H,21,24). The van der Waals surface area contributed by atoms with Gasteiger partial charge in [-0.15, -0.1) is 0 Å². The van der Waals surface area contributed by atoms with E-state index in [1.54, 1.807) is 7.11 Å². The highest BCUT2D eigenvalue weighted by Crippen LogP contribution is 2.31. The molecule has 2 heterocycles. The summed E-state index contributed by atoms with van der Waals surface area (Å²) in [4.78, 5) is 13.0. The van der Waals surface area contributed by atoms with Crippen molar-refractivity contribution in [3.05, 3.63) is 41.7 Å². The Morgan fingerprint density at radius 2 is 2.08 bits per heavy atom. The Morgan fingerprint density at radius 1 is 1.32 bits per heavy atom. The molecule has 1 amide bonds. The zero-order chi connectivity index (χ0) is 17.9. The van der Waals surface area contributed by atoms with Crippen molar-refractivity contribution in [1.82, 2.24) is 15.1 Å². The monoisotopic (exact) mass is 342 g/mol. The minimum Gasteiger partial charge on any atom is -0.384 e. The Bertz CT molecular complexity index is 742. The fraction of sp³-hybridized carbons (Fsp3) is 0.474. The number of methoxy groups -OCH3 is 1. The van der Waals surface area contributed by atoms with Crippen LogP contribution < -0.4 is 10.6 Å². The van der Waals surface area contributed by atoms with Gasteiger partial charge in [-0.3, -0.25) is 4.79 Å². The lowest BCUT2D eigenvalue weighted by Gasteiger charge is -2.35. The molecule has 0 spiro atoms. The minimum absolute atomic E-state index is 0.0290. The van der Waals surface area contributed by atoms with Gasteiger partial charge in [0, 0.05) is 18.5 Å². The van der Waals surface area contributed by atoms with E-state index in [0.29, 0.717) is 6.61 Å². The molecular weight excluding hydrogens is 316 g/mol. The Kier molecular flexibility index (Phi) is 5.20. The third kappa shape index (κ3) is 3.75.